The number of ketones is 1. The monoisotopic (exact) mass is 240 g/mol. The van der Waals surface area contributed by atoms with Crippen LogP contribution >= 0.6 is 11.6 Å². The summed E-state index contributed by atoms with van der Waals surface area (Å²) >= 11 is 5.65. The molecule has 0 aliphatic heterocycles. The first-order chi connectivity index (χ1) is 7.66. The molecule has 1 aromatic carbocycles. The fourth-order valence-electron chi connectivity index (χ4n) is 1.92. The molecule has 16 heavy (non-hydrogen) atoms. The van der Waals surface area contributed by atoms with Crippen LogP contribution in [-0.4, -0.2) is 5.78 Å². The molecule has 1 aliphatic carbocycles. The van der Waals surface area contributed by atoms with Gasteiger partial charge in [0, 0.05) is 17.4 Å². The standard InChI is InChI=1S/C13H14ClFO/c14-11-6-4-9(12(15)8-11)5-7-13(16)10-2-1-3-10/h4,6,8,10H,1-3,5,7H2. The lowest BCUT2D eigenvalue weighted by Crippen LogP contribution is -2.22. The molecule has 0 radical (unpaired) electrons. The molecule has 0 N–H and O–H groups in total. The van der Waals surface area contributed by atoms with Crippen molar-refractivity contribution in [3.8, 4) is 0 Å². The van der Waals surface area contributed by atoms with Gasteiger partial charge >= 0.3 is 0 Å². The third-order valence-electron chi connectivity index (χ3n) is 3.22. The van der Waals surface area contributed by atoms with Crippen molar-refractivity contribution in [3.63, 3.8) is 0 Å². The van der Waals surface area contributed by atoms with Gasteiger partial charge in [0.1, 0.15) is 11.6 Å². The highest BCUT2D eigenvalue weighted by molar-refractivity contribution is 6.30. The summed E-state index contributed by atoms with van der Waals surface area (Å²) < 4.78 is 13.4. The zero-order valence-corrected chi connectivity index (χ0v) is 9.77. The summed E-state index contributed by atoms with van der Waals surface area (Å²) in [5.74, 6) is 0.213. The zero-order chi connectivity index (χ0) is 11.5. The van der Waals surface area contributed by atoms with Crippen LogP contribution in [0.5, 0.6) is 0 Å². The minimum absolute atomic E-state index is 0.246. The van der Waals surface area contributed by atoms with Gasteiger partial charge in [-0.15, -0.1) is 0 Å². The van der Waals surface area contributed by atoms with Crippen LogP contribution in [0.1, 0.15) is 31.2 Å². The normalized spacial score (nSPS) is 15.9. The lowest BCUT2D eigenvalue weighted by atomic mass is 9.80. The molecule has 2 rings (SSSR count). The first kappa shape index (κ1) is 11.6. The number of halogens is 2. The number of carbonyl (C=O) groups excluding carboxylic acids is 1. The van der Waals surface area contributed by atoms with Gasteiger partial charge in [0.2, 0.25) is 0 Å². The SMILES string of the molecule is O=C(CCc1ccc(Cl)cc1F)C1CCC1. The van der Waals surface area contributed by atoms with E-state index in [1.807, 2.05) is 0 Å². The lowest BCUT2D eigenvalue weighted by Gasteiger charge is -2.23. The molecular formula is C13H14ClFO. The lowest BCUT2D eigenvalue weighted by molar-refractivity contribution is -0.125. The number of aryl methyl sites for hydroxylation is 1. The predicted molar refractivity (Wildman–Crippen MR) is 62.1 cm³/mol. The van der Waals surface area contributed by atoms with Gasteiger partial charge in [-0.1, -0.05) is 24.1 Å². The third-order valence-corrected chi connectivity index (χ3v) is 3.45. The molecular weight excluding hydrogens is 227 g/mol. The largest absolute Gasteiger partial charge is 0.299 e. The second-order valence-corrected chi connectivity index (χ2v) is 4.77. The van der Waals surface area contributed by atoms with Crippen LogP contribution in [0.4, 0.5) is 4.39 Å². The quantitative estimate of drug-likeness (QED) is 0.783. The van der Waals surface area contributed by atoms with Gasteiger partial charge in [-0.25, -0.2) is 4.39 Å². The van der Waals surface area contributed by atoms with Gasteiger partial charge in [-0.2, -0.15) is 0 Å². The topological polar surface area (TPSA) is 17.1 Å². The van der Waals surface area contributed by atoms with E-state index in [2.05, 4.69) is 0 Å². The average molecular weight is 241 g/mol. The molecule has 1 aliphatic rings. The maximum absolute atomic E-state index is 13.4. The average Bonchev–Trinajstić information content (AvgIpc) is 2.13. The molecule has 0 bridgehead atoms. The van der Waals surface area contributed by atoms with Gasteiger partial charge in [-0.3, -0.25) is 4.79 Å². The summed E-state index contributed by atoms with van der Waals surface area (Å²) in [5, 5.41) is 0.395. The van der Waals surface area contributed by atoms with E-state index in [0.29, 0.717) is 23.4 Å². The van der Waals surface area contributed by atoms with Gasteiger partial charge in [0.25, 0.3) is 0 Å². The fraction of sp³-hybridized carbons (Fsp3) is 0.462. The van der Waals surface area contributed by atoms with Crippen molar-refractivity contribution in [1.82, 2.24) is 0 Å². The van der Waals surface area contributed by atoms with E-state index in [9.17, 15) is 9.18 Å². The molecule has 1 aromatic rings. The van der Waals surface area contributed by atoms with E-state index in [1.165, 1.54) is 6.07 Å². The van der Waals surface area contributed by atoms with Crippen LogP contribution in [0.25, 0.3) is 0 Å². The Bertz CT molecular complexity index is 399. The van der Waals surface area contributed by atoms with Crippen molar-refractivity contribution in [2.24, 2.45) is 5.92 Å². The van der Waals surface area contributed by atoms with Gasteiger partial charge in [0.15, 0.2) is 0 Å². The predicted octanol–water partition coefficient (Wildman–Crippen LogP) is 3.78. The summed E-state index contributed by atoms with van der Waals surface area (Å²) in [7, 11) is 0. The highest BCUT2D eigenvalue weighted by Crippen LogP contribution is 2.28. The molecule has 3 heteroatoms. The minimum Gasteiger partial charge on any atom is -0.299 e. The van der Waals surface area contributed by atoms with Crippen LogP contribution in [0.15, 0.2) is 18.2 Å². The number of rotatable bonds is 4. The van der Waals surface area contributed by atoms with E-state index in [-0.39, 0.29) is 17.5 Å². The molecule has 86 valence electrons. The Labute approximate surface area is 99.6 Å². The maximum atomic E-state index is 13.4. The van der Waals surface area contributed by atoms with Crippen molar-refractivity contribution < 1.29 is 9.18 Å². The van der Waals surface area contributed by atoms with Crippen molar-refractivity contribution in [1.29, 1.82) is 0 Å². The highest BCUT2D eigenvalue weighted by Gasteiger charge is 2.24. The minimum atomic E-state index is -0.311. The number of benzene rings is 1. The summed E-state index contributed by atoms with van der Waals surface area (Å²) in [4.78, 5) is 11.6. The van der Waals surface area contributed by atoms with Crippen LogP contribution in [-0.2, 0) is 11.2 Å². The van der Waals surface area contributed by atoms with Crippen LogP contribution < -0.4 is 0 Å². The molecule has 1 saturated carbocycles. The molecule has 0 amide bonds. The van der Waals surface area contributed by atoms with Crippen molar-refractivity contribution >= 4 is 17.4 Å². The smallest absolute Gasteiger partial charge is 0.136 e. The Balaban J connectivity index is 1.91. The molecule has 1 fully saturated rings. The van der Waals surface area contributed by atoms with E-state index in [0.717, 1.165) is 19.3 Å². The first-order valence-electron chi connectivity index (χ1n) is 5.63. The first-order valence-corrected chi connectivity index (χ1v) is 6.01. The third kappa shape index (κ3) is 2.62. The Morgan fingerprint density at radius 2 is 2.19 bits per heavy atom. The number of carbonyl (C=O) groups is 1. The van der Waals surface area contributed by atoms with Crippen molar-refractivity contribution in [2.75, 3.05) is 0 Å². The van der Waals surface area contributed by atoms with Crippen molar-refractivity contribution in [3.05, 3.63) is 34.6 Å². The molecule has 0 spiro atoms. The van der Waals surface area contributed by atoms with Crippen molar-refractivity contribution in [2.45, 2.75) is 32.1 Å². The maximum Gasteiger partial charge on any atom is 0.136 e. The van der Waals surface area contributed by atoms with E-state index in [4.69, 9.17) is 11.6 Å². The fourth-order valence-corrected chi connectivity index (χ4v) is 2.08. The van der Waals surface area contributed by atoms with E-state index >= 15 is 0 Å². The second-order valence-electron chi connectivity index (χ2n) is 4.33. The molecule has 1 nitrogen and oxygen atoms in total. The molecule has 0 atom stereocenters. The second kappa shape index (κ2) is 4.96. The van der Waals surface area contributed by atoms with Gasteiger partial charge in [-0.05, 0) is 37.0 Å². The Kier molecular flexibility index (Phi) is 3.59. The van der Waals surface area contributed by atoms with Crippen LogP contribution in [0.2, 0.25) is 5.02 Å². The van der Waals surface area contributed by atoms with E-state index in [1.54, 1.807) is 12.1 Å². The van der Waals surface area contributed by atoms with Crippen LogP contribution in [0, 0.1) is 11.7 Å². The molecule has 0 unspecified atom stereocenters. The van der Waals surface area contributed by atoms with Gasteiger partial charge in [0.05, 0.1) is 0 Å². The Morgan fingerprint density at radius 1 is 1.44 bits per heavy atom. The number of hydrogen-bond donors (Lipinski definition) is 0. The molecule has 0 heterocycles. The van der Waals surface area contributed by atoms with Crippen LogP contribution in [0.3, 0.4) is 0 Å². The van der Waals surface area contributed by atoms with E-state index < -0.39 is 0 Å². The Hall–Kier alpha value is -0.890. The summed E-state index contributed by atoms with van der Waals surface area (Å²) in [6.07, 6.45) is 4.12. The summed E-state index contributed by atoms with van der Waals surface area (Å²) in [6, 6.07) is 4.62. The summed E-state index contributed by atoms with van der Waals surface area (Å²) in [6.45, 7) is 0. The van der Waals surface area contributed by atoms with Gasteiger partial charge < -0.3 is 0 Å². The highest BCUT2D eigenvalue weighted by atomic mass is 35.5. The molecule has 0 aromatic heterocycles. The zero-order valence-electron chi connectivity index (χ0n) is 9.01. The summed E-state index contributed by atoms with van der Waals surface area (Å²) in [5.41, 5.74) is 0.581. The number of hydrogen-bond acceptors (Lipinski definition) is 1. The molecule has 0 saturated heterocycles. The Morgan fingerprint density at radius 3 is 2.75 bits per heavy atom. The number of Topliss-reactive ketones (excluding diaryl/α,β-unsaturated/α-hetero) is 1.